The first-order valence-corrected chi connectivity index (χ1v) is 7.57. The highest BCUT2D eigenvalue weighted by atomic mass is 15.3. The van der Waals surface area contributed by atoms with Crippen LogP contribution in [0.3, 0.4) is 0 Å². The van der Waals surface area contributed by atoms with Crippen molar-refractivity contribution >= 4 is 17.8 Å². The third-order valence-corrected chi connectivity index (χ3v) is 4.21. The van der Waals surface area contributed by atoms with Crippen molar-refractivity contribution in [3.8, 4) is 0 Å². The van der Waals surface area contributed by atoms with Gasteiger partial charge in [-0.1, -0.05) is 13.8 Å². The quantitative estimate of drug-likeness (QED) is 0.833. The second-order valence-corrected chi connectivity index (χ2v) is 5.62. The highest BCUT2D eigenvalue weighted by Gasteiger charge is 2.22. The van der Waals surface area contributed by atoms with Crippen molar-refractivity contribution in [2.24, 2.45) is 0 Å². The van der Waals surface area contributed by atoms with Crippen LogP contribution in [0, 0.1) is 0 Å². The van der Waals surface area contributed by atoms with Gasteiger partial charge in [0.2, 0.25) is 17.8 Å². The van der Waals surface area contributed by atoms with E-state index in [-0.39, 0.29) is 5.54 Å². The molecule has 0 aliphatic carbocycles. The van der Waals surface area contributed by atoms with Gasteiger partial charge in [-0.15, -0.1) is 0 Å². The Balaban J connectivity index is 2.25. The Morgan fingerprint density at radius 1 is 1.05 bits per heavy atom. The summed E-state index contributed by atoms with van der Waals surface area (Å²) in [6.07, 6.45) is 4.49. The maximum atomic E-state index is 4.60. The third-order valence-electron chi connectivity index (χ3n) is 4.21. The molecule has 1 aromatic heterocycles. The van der Waals surface area contributed by atoms with Crippen molar-refractivity contribution in [2.75, 3.05) is 35.7 Å². The van der Waals surface area contributed by atoms with Crippen molar-refractivity contribution in [3.63, 3.8) is 0 Å². The van der Waals surface area contributed by atoms with E-state index in [4.69, 9.17) is 0 Å². The molecule has 2 rings (SSSR count). The Morgan fingerprint density at radius 2 is 1.65 bits per heavy atom. The lowest BCUT2D eigenvalue weighted by Crippen LogP contribution is -2.34. The van der Waals surface area contributed by atoms with E-state index in [0.29, 0.717) is 11.9 Å². The fraction of sp³-hybridized carbons (Fsp3) is 0.786. The summed E-state index contributed by atoms with van der Waals surface area (Å²) in [5.74, 6) is 2.07. The Kier molecular flexibility index (Phi) is 4.62. The number of hydrogen-bond acceptors (Lipinski definition) is 6. The zero-order chi connectivity index (χ0) is 14.6. The summed E-state index contributed by atoms with van der Waals surface area (Å²) in [5, 5.41) is 6.49. The topological polar surface area (TPSA) is 66.0 Å². The van der Waals surface area contributed by atoms with Gasteiger partial charge in [-0.2, -0.15) is 15.0 Å². The van der Waals surface area contributed by atoms with Gasteiger partial charge in [0.05, 0.1) is 0 Å². The molecule has 20 heavy (non-hydrogen) atoms. The van der Waals surface area contributed by atoms with Crippen molar-refractivity contribution in [1.82, 2.24) is 15.0 Å². The molecule has 0 amide bonds. The van der Waals surface area contributed by atoms with Crippen LogP contribution in [0.25, 0.3) is 0 Å². The smallest absolute Gasteiger partial charge is 0.231 e. The second-order valence-electron chi connectivity index (χ2n) is 5.62. The van der Waals surface area contributed by atoms with E-state index in [1.54, 1.807) is 0 Å². The first-order valence-electron chi connectivity index (χ1n) is 7.57. The molecule has 0 unspecified atom stereocenters. The fourth-order valence-electron chi connectivity index (χ4n) is 2.29. The Hall–Kier alpha value is -1.59. The molecule has 1 fully saturated rings. The normalized spacial score (nSPS) is 15.5. The maximum Gasteiger partial charge on any atom is 0.231 e. The molecule has 0 spiro atoms. The van der Waals surface area contributed by atoms with Crippen LogP contribution in [-0.2, 0) is 0 Å². The Morgan fingerprint density at radius 3 is 2.20 bits per heavy atom. The van der Waals surface area contributed by atoms with Crippen LogP contribution in [0.15, 0.2) is 0 Å². The largest absolute Gasteiger partial charge is 0.357 e. The number of rotatable bonds is 6. The lowest BCUT2D eigenvalue weighted by Gasteiger charge is -2.28. The lowest BCUT2D eigenvalue weighted by molar-refractivity contribution is 0.474. The molecule has 2 N–H and O–H groups in total. The minimum absolute atomic E-state index is 0.0225. The molecule has 0 atom stereocenters. The van der Waals surface area contributed by atoms with Gasteiger partial charge in [0.15, 0.2) is 0 Å². The molecular formula is C14H26N6. The number of hydrogen-bond donors (Lipinski definition) is 2. The van der Waals surface area contributed by atoms with Gasteiger partial charge in [0.25, 0.3) is 0 Å². The molecule has 0 radical (unpaired) electrons. The van der Waals surface area contributed by atoms with Crippen molar-refractivity contribution in [2.45, 2.75) is 52.0 Å². The van der Waals surface area contributed by atoms with E-state index >= 15 is 0 Å². The molecule has 1 saturated heterocycles. The van der Waals surface area contributed by atoms with Crippen molar-refractivity contribution in [1.29, 1.82) is 0 Å². The average molecular weight is 278 g/mol. The second kappa shape index (κ2) is 6.24. The number of aromatic nitrogens is 3. The summed E-state index contributed by atoms with van der Waals surface area (Å²) in [6.45, 7) is 8.62. The monoisotopic (exact) mass is 278 g/mol. The van der Waals surface area contributed by atoms with Gasteiger partial charge in [0.1, 0.15) is 0 Å². The van der Waals surface area contributed by atoms with Crippen LogP contribution < -0.4 is 15.5 Å². The molecule has 6 nitrogen and oxygen atoms in total. The predicted octanol–water partition coefficient (Wildman–Crippen LogP) is 2.50. The molecule has 0 bridgehead atoms. The summed E-state index contributed by atoms with van der Waals surface area (Å²) in [7, 11) is 1.84. The summed E-state index contributed by atoms with van der Waals surface area (Å²) < 4.78 is 0. The van der Waals surface area contributed by atoms with E-state index in [0.717, 1.165) is 31.9 Å². The lowest BCUT2D eigenvalue weighted by atomic mass is 9.96. The van der Waals surface area contributed by atoms with E-state index in [1.807, 2.05) is 7.05 Å². The minimum atomic E-state index is 0.0225. The van der Waals surface area contributed by atoms with Crippen LogP contribution in [0.5, 0.6) is 0 Å². The standard InChI is InChI=1S/C14H26N6/c1-5-14(3,6-2)19-12-16-11(15-4)17-13(18-12)20-9-7-8-10-20/h5-10H2,1-4H3,(H2,15,16,17,18,19). The zero-order valence-electron chi connectivity index (χ0n) is 13.0. The summed E-state index contributed by atoms with van der Waals surface area (Å²) >= 11 is 0. The fourth-order valence-corrected chi connectivity index (χ4v) is 2.29. The van der Waals surface area contributed by atoms with Crippen LogP contribution in [0.1, 0.15) is 46.5 Å². The summed E-state index contributed by atoms with van der Waals surface area (Å²) in [5.41, 5.74) is 0.0225. The Labute approximate surface area is 121 Å². The van der Waals surface area contributed by atoms with Crippen LogP contribution >= 0.6 is 0 Å². The van der Waals surface area contributed by atoms with Gasteiger partial charge in [-0.05, 0) is 32.6 Å². The molecule has 2 heterocycles. The SMILES string of the molecule is CCC(C)(CC)Nc1nc(NC)nc(N2CCCC2)n1. The highest BCUT2D eigenvalue weighted by molar-refractivity contribution is 5.45. The number of nitrogens with one attached hydrogen (secondary N) is 2. The Bertz CT molecular complexity index is 437. The average Bonchev–Trinajstić information content (AvgIpc) is 3.01. The van der Waals surface area contributed by atoms with E-state index in [2.05, 4.69) is 51.3 Å². The summed E-state index contributed by atoms with van der Waals surface area (Å²) in [6, 6.07) is 0. The van der Waals surface area contributed by atoms with Gasteiger partial charge in [0, 0.05) is 25.7 Å². The van der Waals surface area contributed by atoms with E-state index in [9.17, 15) is 0 Å². The molecular weight excluding hydrogens is 252 g/mol. The van der Waals surface area contributed by atoms with Gasteiger partial charge >= 0.3 is 0 Å². The minimum Gasteiger partial charge on any atom is -0.357 e. The molecule has 6 heteroatoms. The van der Waals surface area contributed by atoms with Crippen molar-refractivity contribution < 1.29 is 0 Å². The zero-order valence-corrected chi connectivity index (χ0v) is 13.0. The van der Waals surface area contributed by atoms with E-state index in [1.165, 1.54) is 12.8 Å². The molecule has 0 saturated carbocycles. The third kappa shape index (κ3) is 3.29. The van der Waals surface area contributed by atoms with Crippen LogP contribution in [0.2, 0.25) is 0 Å². The maximum absolute atomic E-state index is 4.60. The first-order chi connectivity index (χ1) is 9.60. The predicted molar refractivity (Wildman–Crippen MR) is 83.4 cm³/mol. The molecule has 0 aromatic carbocycles. The van der Waals surface area contributed by atoms with Gasteiger partial charge in [-0.25, -0.2) is 0 Å². The number of anilines is 3. The van der Waals surface area contributed by atoms with Crippen molar-refractivity contribution in [3.05, 3.63) is 0 Å². The van der Waals surface area contributed by atoms with Gasteiger partial charge < -0.3 is 15.5 Å². The molecule has 1 aliphatic heterocycles. The number of nitrogens with zero attached hydrogens (tertiary/aromatic N) is 4. The first kappa shape index (κ1) is 14.8. The summed E-state index contributed by atoms with van der Waals surface area (Å²) in [4.78, 5) is 15.7. The molecule has 112 valence electrons. The van der Waals surface area contributed by atoms with E-state index < -0.39 is 0 Å². The molecule has 1 aliphatic rings. The van der Waals surface area contributed by atoms with Crippen LogP contribution in [0.4, 0.5) is 17.8 Å². The van der Waals surface area contributed by atoms with Crippen LogP contribution in [-0.4, -0.2) is 40.6 Å². The highest BCUT2D eigenvalue weighted by Crippen LogP contribution is 2.23. The van der Waals surface area contributed by atoms with Gasteiger partial charge in [-0.3, -0.25) is 0 Å². The molecule has 1 aromatic rings.